The smallest absolute Gasteiger partial charge is 0.256 e. The lowest BCUT2D eigenvalue weighted by Crippen LogP contribution is -2.52. The van der Waals surface area contributed by atoms with Crippen LogP contribution >= 0.6 is 0 Å². The standard InChI is InChI=1S/C13H20F2N2O3/c1-20-9-10-7-17(6-4-13(10,14)15)12(19)8-16-5-2-3-11(16)18/h10H,2-9H2,1H3. The first-order valence-electron chi connectivity index (χ1n) is 6.86. The Morgan fingerprint density at radius 1 is 1.45 bits per heavy atom. The summed E-state index contributed by atoms with van der Waals surface area (Å²) in [5, 5.41) is 0. The van der Waals surface area contributed by atoms with Crippen LogP contribution in [0.4, 0.5) is 8.78 Å². The number of carbonyl (C=O) groups is 2. The summed E-state index contributed by atoms with van der Waals surface area (Å²) in [6, 6.07) is 0. The van der Waals surface area contributed by atoms with E-state index in [1.54, 1.807) is 0 Å². The van der Waals surface area contributed by atoms with Gasteiger partial charge < -0.3 is 14.5 Å². The molecular weight excluding hydrogens is 270 g/mol. The molecule has 20 heavy (non-hydrogen) atoms. The first-order valence-corrected chi connectivity index (χ1v) is 6.86. The van der Waals surface area contributed by atoms with Crippen LogP contribution in [-0.4, -0.2) is 67.4 Å². The molecule has 0 aromatic carbocycles. The fourth-order valence-electron chi connectivity index (χ4n) is 2.72. The largest absolute Gasteiger partial charge is 0.384 e. The number of ether oxygens (including phenoxy) is 1. The molecule has 0 saturated carbocycles. The zero-order valence-corrected chi connectivity index (χ0v) is 11.6. The molecule has 0 aromatic rings. The molecule has 0 aliphatic carbocycles. The molecule has 7 heteroatoms. The molecule has 2 amide bonds. The van der Waals surface area contributed by atoms with Gasteiger partial charge in [-0.25, -0.2) is 8.78 Å². The number of nitrogens with zero attached hydrogens (tertiary/aromatic N) is 2. The highest BCUT2D eigenvalue weighted by atomic mass is 19.3. The molecule has 1 unspecified atom stereocenters. The summed E-state index contributed by atoms with van der Waals surface area (Å²) in [4.78, 5) is 26.5. The van der Waals surface area contributed by atoms with Gasteiger partial charge in [0.05, 0.1) is 19.1 Å². The molecule has 0 aromatic heterocycles. The van der Waals surface area contributed by atoms with Crippen molar-refractivity contribution in [1.29, 1.82) is 0 Å². The molecule has 2 aliphatic rings. The molecule has 2 saturated heterocycles. The van der Waals surface area contributed by atoms with Crippen LogP contribution in [0.1, 0.15) is 19.3 Å². The maximum absolute atomic E-state index is 13.7. The van der Waals surface area contributed by atoms with Gasteiger partial charge >= 0.3 is 0 Å². The SMILES string of the molecule is COCC1CN(C(=O)CN2CCCC2=O)CCC1(F)F. The van der Waals surface area contributed by atoms with Crippen molar-refractivity contribution in [1.82, 2.24) is 9.80 Å². The van der Waals surface area contributed by atoms with E-state index in [4.69, 9.17) is 4.74 Å². The maximum atomic E-state index is 13.7. The molecule has 114 valence electrons. The lowest BCUT2D eigenvalue weighted by Gasteiger charge is -2.38. The molecule has 0 radical (unpaired) electrons. The van der Waals surface area contributed by atoms with Crippen molar-refractivity contribution >= 4 is 11.8 Å². The van der Waals surface area contributed by atoms with Crippen LogP contribution in [0.25, 0.3) is 0 Å². The van der Waals surface area contributed by atoms with Gasteiger partial charge in [-0.3, -0.25) is 9.59 Å². The predicted octanol–water partition coefficient (Wildman–Crippen LogP) is 0.739. The molecule has 0 spiro atoms. The fraction of sp³-hybridized carbons (Fsp3) is 0.846. The number of piperidine rings is 1. The number of halogens is 2. The van der Waals surface area contributed by atoms with Gasteiger partial charge in [0.25, 0.3) is 5.92 Å². The van der Waals surface area contributed by atoms with Crippen LogP contribution in [0, 0.1) is 5.92 Å². The Kier molecular flexibility index (Phi) is 4.57. The Morgan fingerprint density at radius 3 is 2.80 bits per heavy atom. The van der Waals surface area contributed by atoms with E-state index in [1.807, 2.05) is 0 Å². The van der Waals surface area contributed by atoms with Crippen LogP contribution < -0.4 is 0 Å². The quantitative estimate of drug-likeness (QED) is 0.767. The first kappa shape index (κ1) is 15.2. The van der Waals surface area contributed by atoms with Crippen molar-refractivity contribution < 1.29 is 23.1 Å². The van der Waals surface area contributed by atoms with Gasteiger partial charge in [-0.15, -0.1) is 0 Å². The molecule has 2 fully saturated rings. The third kappa shape index (κ3) is 3.26. The van der Waals surface area contributed by atoms with E-state index in [0.29, 0.717) is 13.0 Å². The highest BCUT2D eigenvalue weighted by Crippen LogP contribution is 2.33. The van der Waals surface area contributed by atoms with Crippen molar-refractivity contribution in [3.8, 4) is 0 Å². The van der Waals surface area contributed by atoms with Gasteiger partial charge in [0.2, 0.25) is 11.8 Å². The lowest BCUT2D eigenvalue weighted by molar-refractivity contribution is -0.153. The number of hydrogen-bond donors (Lipinski definition) is 0. The van der Waals surface area contributed by atoms with Crippen LogP contribution in [0.15, 0.2) is 0 Å². The summed E-state index contributed by atoms with van der Waals surface area (Å²) in [5.74, 6) is -4.05. The van der Waals surface area contributed by atoms with Gasteiger partial charge in [0.15, 0.2) is 0 Å². The zero-order chi connectivity index (χ0) is 14.8. The monoisotopic (exact) mass is 290 g/mol. The minimum absolute atomic E-state index is 0.00407. The van der Waals surface area contributed by atoms with Gasteiger partial charge in [0.1, 0.15) is 0 Å². The van der Waals surface area contributed by atoms with E-state index in [1.165, 1.54) is 16.9 Å². The van der Waals surface area contributed by atoms with E-state index in [0.717, 1.165) is 6.42 Å². The fourth-order valence-corrected chi connectivity index (χ4v) is 2.72. The number of alkyl halides is 2. The van der Waals surface area contributed by atoms with E-state index >= 15 is 0 Å². The average Bonchev–Trinajstić information content (AvgIpc) is 2.78. The number of likely N-dealkylation sites (tertiary alicyclic amines) is 2. The molecule has 1 atom stereocenters. The van der Waals surface area contributed by atoms with Gasteiger partial charge in [-0.05, 0) is 6.42 Å². The van der Waals surface area contributed by atoms with E-state index < -0.39 is 11.8 Å². The topological polar surface area (TPSA) is 49.9 Å². The second kappa shape index (κ2) is 6.03. The van der Waals surface area contributed by atoms with Crippen LogP contribution in [0.3, 0.4) is 0 Å². The van der Waals surface area contributed by atoms with Gasteiger partial charge in [-0.1, -0.05) is 0 Å². The average molecular weight is 290 g/mol. The Balaban J connectivity index is 1.92. The number of methoxy groups -OCH3 is 1. The Morgan fingerprint density at radius 2 is 2.20 bits per heavy atom. The molecule has 0 N–H and O–H groups in total. The van der Waals surface area contributed by atoms with Gasteiger partial charge in [0, 0.05) is 39.6 Å². The highest BCUT2D eigenvalue weighted by molar-refractivity contribution is 5.85. The molecule has 2 rings (SSSR count). The number of hydrogen-bond acceptors (Lipinski definition) is 3. The van der Waals surface area contributed by atoms with Crippen LogP contribution in [0.2, 0.25) is 0 Å². The second-order valence-electron chi connectivity index (χ2n) is 5.42. The third-order valence-corrected chi connectivity index (χ3v) is 3.97. The van der Waals surface area contributed by atoms with Crippen LogP contribution in [-0.2, 0) is 14.3 Å². The highest BCUT2D eigenvalue weighted by Gasteiger charge is 2.45. The van der Waals surface area contributed by atoms with Crippen LogP contribution in [0.5, 0.6) is 0 Å². The number of carbonyl (C=O) groups excluding carboxylic acids is 2. The normalized spacial score (nSPS) is 26.1. The Bertz CT molecular complexity index is 390. The number of rotatable bonds is 4. The van der Waals surface area contributed by atoms with Gasteiger partial charge in [-0.2, -0.15) is 0 Å². The first-order chi connectivity index (χ1) is 9.44. The third-order valence-electron chi connectivity index (χ3n) is 3.97. The van der Waals surface area contributed by atoms with Crippen molar-refractivity contribution in [2.24, 2.45) is 5.92 Å². The maximum Gasteiger partial charge on any atom is 0.256 e. The molecule has 2 aliphatic heterocycles. The Labute approximate surface area is 116 Å². The van der Waals surface area contributed by atoms with E-state index in [2.05, 4.69) is 0 Å². The lowest BCUT2D eigenvalue weighted by atomic mass is 9.94. The summed E-state index contributed by atoms with van der Waals surface area (Å²) < 4.78 is 32.2. The summed E-state index contributed by atoms with van der Waals surface area (Å²) >= 11 is 0. The molecule has 0 bridgehead atoms. The summed E-state index contributed by atoms with van der Waals surface area (Å²) in [7, 11) is 1.37. The minimum atomic E-state index is -2.80. The zero-order valence-electron chi connectivity index (χ0n) is 11.6. The Hall–Kier alpha value is -1.24. The summed E-state index contributed by atoms with van der Waals surface area (Å²) in [6.45, 7) is 0.537. The molecule has 5 nitrogen and oxygen atoms in total. The van der Waals surface area contributed by atoms with Crippen molar-refractivity contribution in [2.45, 2.75) is 25.2 Å². The summed E-state index contributed by atoms with van der Waals surface area (Å²) in [6.07, 6.45) is 0.884. The van der Waals surface area contributed by atoms with E-state index in [-0.39, 0.29) is 44.5 Å². The number of amides is 2. The predicted molar refractivity (Wildman–Crippen MR) is 67.3 cm³/mol. The molecule has 2 heterocycles. The summed E-state index contributed by atoms with van der Waals surface area (Å²) in [5.41, 5.74) is 0. The van der Waals surface area contributed by atoms with Crippen molar-refractivity contribution in [2.75, 3.05) is 39.9 Å². The van der Waals surface area contributed by atoms with E-state index in [9.17, 15) is 18.4 Å². The van der Waals surface area contributed by atoms with Crippen molar-refractivity contribution in [3.05, 3.63) is 0 Å². The van der Waals surface area contributed by atoms with Crippen molar-refractivity contribution in [3.63, 3.8) is 0 Å². The second-order valence-corrected chi connectivity index (χ2v) is 5.42. The minimum Gasteiger partial charge on any atom is -0.384 e. The molecular formula is C13H20F2N2O3.